The number of para-hydroxylation sites is 2. The Labute approximate surface area is 336 Å². The van der Waals surface area contributed by atoms with Gasteiger partial charge in [0.15, 0.2) is 0 Å². The first-order chi connectivity index (χ1) is 28.4. The molecule has 0 saturated heterocycles. The second-order valence-electron chi connectivity index (χ2n) is 15.7. The van der Waals surface area contributed by atoms with E-state index in [2.05, 4.69) is 195 Å². The summed E-state index contributed by atoms with van der Waals surface area (Å²) in [5.74, 6) is 0. The predicted molar refractivity (Wildman–Crippen MR) is 244 cm³/mol. The Morgan fingerprint density at radius 3 is 1.19 bits per heavy atom. The van der Waals surface area contributed by atoms with Gasteiger partial charge < -0.3 is 18.6 Å². The van der Waals surface area contributed by atoms with E-state index in [-0.39, 0.29) is 0 Å². The molecular weight excluding hydrogens is 709 g/mol. The zero-order valence-electron chi connectivity index (χ0n) is 32.9. The Morgan fingerprint density at radius 1 is 0.328 bits per heavy atom. The number of furan rings is 2. The fourth-order valence-corrected chi connectivity index (χ4v) is 8.89. The van der Waals surface area contributed by atoms with Gasteiger partial charge in [0, 0.05) is 55.7 Å². The summed E-state index contributed by atoms with van der Waals surface area (Å²) >= 11 is 0. The number of aryl methyl sites for hydroxylation is 4. The Bertz CT molecular complexity index is 3200. The molecule has 9 aromatic carbocycles. The highest BCUT2D eigenvalue weighted by atomic mass is 16.3. The zero-order valence-corrected chi connectivity index (χ0v) is 32.9. The number of nitrogens with zero attached hydrogens (tertiary/aromatic N) is 2. The molecule has 0 spiro atoms. The number of hydrogen-bond acceptors (Lipinski definition) is 4. The molecule has 2 heterocycles. The van der Waals surface area contributed by atoms with Gasteiger partial charge in [0.1, 0.15) is 22.3 Å². The average Bonchev–Trinajstić information content (AvgIpc) is 3.77. The molecule has 0 N–H and O–H groups in total. The molecule has 0 aliphatic carbocycles. The fraction of sp³-hybridized carbons (Fsp3) is 0.0741. The van der Waals surface area contributed by atoms with Crippen LogP contribution in [-0.2, 0) is 0 Å². The summed E-state index contributed by atoms with van der Waals surface area (Å²) < 4.78 is 13.3. The van der Waals surface area contributed by atoms with Crippen LogP contribution in [0.25, 0.3) is 65.4 Å². The first kappa shape index (κ1) is 34.0. The minimum atomic E-state index is 0.851. The molecule has 11 aromatic rings. The normalized spacial score (nSPS) is 11.8. The van der Waals surface area contributed by atoms with E-state index >= 15 is 0 Å². The molecule has 11 rings (SSSR count). The minimum Gasteiger partial charge on any atom is -0.456 e. The van der Waals surface area contributed by atoms with Gasteiger partial charge in [-0.2, -0.15) is 0 Å². The summed E-state index contributed by atoms with van der Waals surface area (Å²) in [5.41, 5.74) is 15.1. The van der Waals surface area contributed by atoms with Crippen molar-refractivity contribution in [3.05, 3.63) is 192 Å². The third-order valence-electron chi connectivity index (χ3n) is 11.7. The van der Waals surface area contributed by atoms with E-state index in [1.165, 1.54) is 22.3 Å². The minimum absolute atomic E-state index is 0.851. The van der Waals surface area contributed by atoms with Crippen molar-refractivity contribution in [3.8, 4) is 0 Å². The van der Waals surface area contributed by atoms with Crippen molar-refractivity contribution in [2.24, 2.45) is 0 Å². The highest BCUT2D eigenvalue weighted by molar-refractivity contribution is 6.27. The molecule has 0 unspecified atom stereocenters. The molecular formula is C54H40N2O2. The van der Waals surface area contributed by atoms with Crippen molar-refractivity contribution in [1.82, 2.24) is 0 Å². The van der Waals surface area contributed by atoms with Crippen LogP contribution in [0, 0.1) is 27.7 Å². The van der Waals surface area contributed by atoms with E-state index in [1.807, 2.05) is 12.1 Å². The van der Waals surface area contributed by atoms with Gasteiger partial charge in [0.05, 0.1) is 0 Å². The van der Waals surface area contributed by atoms with Crippen molar-refractivity contribution >= 4 is 99.5 Å². The summed E-state index contributed by atoms with van der Waals surface area (Å²) in [6.07, 6.45) is 0. The topological polar surface area (TPSA) is 32.8 Å². The number of fused-ring (bicyclic) bond motifs is 9. The molecule has 0 aliphatic heterocycles. The van der Waals surface area contributed by atoms with E-state index in [0.29, 0.717) is 0 Å². The molecule has 0 bridgehead atoms. The first-order valence-corrected chi connectivity index (χ1v) is 19.9. The van der Waals surface area contributed by atoms with Gasteiger partial charge in [-0.05, 0) is 169 Å². The van der Waals surface area contributed by atoms with Gasteiger partial charge in [-0.3, -0.25) is 0 Å². The van der Waals surface area contributed by atoms with Crippen LogP contribution in [0.5, 0.6) is 0 Å². The van der Waals surface area contributed by atoms with Gasteiger partial charge >= 0.3 is 0 Å². The van der Waals surface area contributed by atoms with Crippen LogP contribution in [0.15, 0.2) is 179 Å². The van der Waals surface area contributed by atoms with Crippen molar-refractivity contribution in [2.45, 2.75) is 27.7 Å². The van der Waals surface area contributed by atoms with Crippen LogP contribution in [0.3, 0.4) is 0 Å². The van der Waals surface area contributed by atoms with E-state index < -0.39 is 0 Å². The lowest BCUT2D eigenvalue weighted by Crippen LogP contribution is -2.11. The maximum absolute atomic E-state index is 6.66. The molecule has 4 heteroatoms. The molecule has 2 aromatic heterocycles. The van der Waals surface area contributed by atoms with Crippen LogP contribution >= 0.6 is 0 Å². The first-order valence-electron chi connectivity index (χ1n) is 19.9. The van der Waals surface area contributed by atoms with Crippen molar-refractivity contribution in [1.29, 1.82) is 0 Å². The molecule has 4 nitrogen and oxygen atoms in total. The van der Waals surface area contributed by atoms with Crippen molar-refractivity contribution in [3.63, 3.8) is 0 Å². The summed E-state index contributed by atoms with van der Waals surface area (Å²) in [6, 6.07) is 61.1. The monoisotopic (exact) mass is 748 g/mol. The summed E-state index contributed by atoms with van der Waals surface area (Å²) in [7, 11) is 0. The van der Waals surface area contributed by atoms with Crippen LogP contribution in [0.2, 0.25) is 0 Å². The average molecular weight is 749 g/mol. The second-order valence-corrected chi connectivity index (χ2v) is 15.7. The zero-order chi connectivity index (χ0) is 39.1. The molecule has 0 aliphatic rings. The van der Waals surface area contributed by atoms with Crippen LogP contribution in [-0.4, -0.2) is 0 Å². The van der Waals surface area contributed by atoms with Crippen LogP contribution in [0.1, 0.15) is 22.3 Å². The number of hydrogen-bond donors (Lipinski definition) is 0. The third kappa shape index (κ3) is 5.52. The Hall–Kier alpha value is -7.30. The van der Waals surface area contributed by atoms with E-state index in [0.717, 1.165) is 99.5 Å². The van der Waals surface area contributed by atoms with Gasteiger partial charge in [-0.1, -0.05) is 72.8 Å². The molecule has 58 heavy (non-hydrogen) atoms. The molecule has 0 radical (unpaired) electrons. The maximum atomic E-state index is 6.66. The highest BCUT2D eigenvalue weighted by Gasteiger charge is 2.21. The Balaban J connectivity index is 1.05. The molecule has 0 fully saturated rings. The van der Waals surface area contributed by atoms with E-state index in [4.69, 9.17) is 8.83 Å². The fourth-order valence-electron chi connectivity index (χ4n) is 8.89. The molecule has 0 amide bonds. The van der Waals surface area contributed by atoms with Crippen LogP contribution < -0.4 is 9.80 Å². The lowest BCUT2D eigenvalue weighted by Gasteiger charge is -2.27. The van der Waals surface area contributed by atoms with Crippen LogP contribution in [0.4, 0.5) is 34.1 Å². The predicted octanol–water partition coefficient (Wildman–Crippen LogP) is 16.0. The maximum Gasteiger partial charge on any atom is 0.136 e. The Kier molecular flexibility index (Phi) is 7.70. The van der Waals surface area contributed by atoms with E-state index in [9.17, 15) is 0 Å². The summed E-state index contributed by atoms with van der Waals surface area (Å²) in [6.45, 7) is 8.63. The van der Waals surface area contributed by atoms with Crippen molar-refractivity contribution < 1.29 is 8.83 Å². The number of rotatable bonds is 6. The number of anilines is 6. The molecule has 0 atom stereocenters. The Morgan fingerprint density at radius 2 is 0.759 bits per heavy atom. The SMILES string of the molecule is Cc1cccc(N(c2ccc3cc4c(cc3c2)oc2ccc3oc5cc6cc(N(c7cccc(C)c7)c7ccccc7C)ccc6cc5c3c24)c2ccccc2C)c1. The van der Waals surface area contributed by atoms with Gasteiger partial charge in [0.2, 0.25) is 0 Å². The van der Waals surface area contributed by atoms with Gasteiger partial charge in [0.25, 0.3) is 0 Å². The third-order valence-corrected chi connectivity index (χ3v) is 11.7. The smallest absolute Gasteiger partial charge is 0.136 e. The standard InChI is InChI=1S/C54H40N2O2/c1-33-11-9-15-41(25-33)55(47-17-7-5-13-35(47)3)43-21-19-37-29-45-51(31-39(37)27-43)57-49-23-24-50-54(53(45)49)46-30-38-20-22-44(28-40(38)32-52(46)58-50)56(42-16-10-12-34(2)26-42)48-18-8-6-14-36(48)4/h5-32H,1-4H3. The second kappa shape index (κ2) is 13.1. The van der Waals surface area contributed by atoms with Gasteiger partial charge in [-0.25, -0.2) is 0 Å². The quantitative estimate of drug-likeness (QED) is 0.170. The lowest BCUT2D eigenvalue weighted by molar-refractivity contribution is 0.663. The molecule has 0 saturated carbocycles. The van der Waals surface area contributed by atoms with Gasteiger partial charge in [-0.15, -0.1) is 0 Å². The van der Waals surface area contributed by atoms with E-state index in [1.54, 1.807) is 0 Å². The summed E-state index contributed by atoms with van der Waals surface area (Å²) in [5, 5.41) is 8.89. The highest BCUT2D eigenvalue weighted by Crippen LogP contribution is 2.45. The number of benzene rings is 9. The summed E-state index contributed by atoms with van der Waals surface area (Å²) in [4.78, 5) is 4.70. The lowest BCUT2D eigenvalue weighted by atomic mass is 10.00. The van der Waals surface area contributed by atoms with Crippen molar-refractivity contribution in [2.75, 3.05) is 9.80 Å². The molecule has 278 valence electrons. The largest absolute Gasteiger partial charge is 0.456 e.